The Balaban J connectivity index is 2.55. The first-order valence-electron chi connectivity index (χ1n) is 6.50. The van der Waals surface area contributed by atoms with Crippen molar-refractivity contribution in [1.29, 1.82) is 0 Å². The van der Waals surface area contributed by atoms with Gasteiger partial charge in [-0.2, -0.15) is 0 Å². The van der Waals surface area contributed by atoms with E-state index in [4.69, 9.17) is 0 Å². The number of hydrogen-bond acceptors (Lipinski definition) is 2. The molecule has 0 radical (unpaired) electrons. The summed E-state index contributed by atoms with van der Waals surface area (Å²) in [6, 6.07) is 8.04. The molecule has 0 aromatic heterocycles. The Morgan fingerprint density at radius 1 is 1.00 bits per heavy atom. The Morgan fingerprint density at radius 2 is 1.53 bits per heavy atom. The SMILES string of the molecule is CCNC(=O)C(=O)NCc1ccc(C(C)(C)C)cc1. The van der Waals surface area contributed by atoms with Crippen LogP contribution in [0.2, 0.25) is 0 Å². The number of amides is 2. The predicted octanol–water partition coefficient (Wildman–Crippen LogP) is 1.74. The van der Waals surface area contributed by atoms with E-state index in [1.54, 1.807) is 6.92 Å². The maximum absolute atomic E-state index is 11.4. The summed E-state index contributed by atoms with van der Waals surface area (Å²) < 4.78 is 0. The molecule has 1 rings (SSSR count). The first-order valence-corrected chi connectivity index (χ1v) is 6.50. The van der Waals surface area contributed by atoms with Crippen molar-refractivity contribution in [3.63, 3.8) is 0 Å². The lowest BCUT2D eigenvalue weighted by Crippen LogP contribution is -2.39. The molecule has 0 spiro atoms. The third-order valence-corrected chi connectivity index (χ3v) is 2.82. The molecule has 2 N–H and O–H groups in total. The van der Waals surface area contributed by atoms with Gasteiger partial charge in [-0.15, -0.1) is 0 Å². The van der Waals surface area contributed by atoms with Crippen LogP contribution in [0.25, 0.3) is 0 Å². The zero-order valence-corrected chi connectivity index (χ0v) is 12.0. The molecule has 19 heavy (non-hydrogen) atoms. The fraction of sp³-hybridized carbons (Fsp3) is 0.467. The van der Waals surface area contributed by atoms with Crippen molar-refractivity contribution in [2.45, 2.75) is 39.7 Å². The molecular formula is C15H22N2O2. The zero-order chi connectivity index (χ0) is 14.5. The van der Waals surface area contributed by atoms with E-state index in [1.807, 2.05) is 24.3 Å². The van der Waals surface area contributed by atoms with Crippen molar-refractivity contribution in [2.75, 3.05) is 6.54 Å². The van der Waals surface area contributed by atoms with E-state index in [1.165, 1.54) is 5.56 Å². The third-order valence-electron chi connectivity index (χ3n) is 2.82. The van der Waals surface area contributed by atoms with E-state index in [-0.39, 0.29) is 5.41 Å². The quantitative estimate of drug-likeness (QED) is 0.815. The second-order valence-corrected chi connectivity index (χ2v) is 5.49. The number of hydrogen-bond donors (Lipinski definition) is 2. The van der Waals surface area contributed by atoms with Crippen LogP contribution >= 0.6 is 0 Å². The Kier molecular flexibility index (Phi) is 5.10. The van der Waals surface area contributed by atoms with Gasteiger partial charge in [0, 0.05) is 13.1 Å². The van der Waals surface area contributed by atoms with Crippen molar-refractivity contribution in [3.8, 4) is 0 Å². The molecular weight excluding hydrogens is 240 g/mol. The van der Waals surface area contributed by atoms with Crippen LogP contribution in [0.3, 0.4) is 0 Å². The second kappa shape index (κ2) is 6.36. The number of nitrogens with one attached hydrogen (secondary N) is 2. The maximum Gasteiger partial charge on any atom is 0.309 e. The van der Waals surface area contributed by atoms with Gasteiger partial charge >= 0.3 is 11.8 Å². The normalized spacial score (nSPS) is 10.9. The van der Waals surface area contributed by atoms with E-state index in [2.05, 4.69) is 31.4 Å². The molecule has 104 valence electrons. The molecule has 0 saturated carbocycles. The fourth-order valence-electron chi connectivity index (χ4n) is 1.63. The minimum atomic E-state index is -0.596. The van der Waals surface area contributed by atoms with Crippen molar-refractivity contribution in [1.82, 2.24) is 10.6 Å². The number of carbonyl (C=O) groups excluding carboxylic acids is 2. The summed E-state index contributed by atoms with van der Waals surface area (Å²) in [5.74, 6) is -1.18. The number of rotatable bonds is 3. The van der Waals surface area contributed by atoms with E-state index in [0.717, 1.165) is 5.56 Å². The zero-order valence-electron chi connectivity index (χ0n) is 12.0. The topological polar surface area (TPSA) is 58.2 Å². The van der Waals surface area contributed by atoms with Gasteiger partial charge in [-0.3, -0.25) is 9.59 Å². The van der Waals surface area contributed by atoms with Crippen LogP contribution < -0.4 is 10.6 Å². The van der Waals surface area contributed by atoms with Crippen LogP contribution in [-0.4, -0.2) is 18.4 Å². The highest BCUT2D eigenvalue weighted by Gasteiger charge is 2.14. The average molecular weight is 262 g/mol. The molecule has 0 heterocycles. The summed E-state index contributed by atoms with van der Waals surface area (Å²) in [5, 5.41) is 5.05. The lowest BCUT2D eigenvalue weighted by Gasteiger charge is -2.19. The monoisotopic (exact) mass is 262 g/mol. The summed E-state index contributed by atoms with van der Waals surface area (Å²) in [6.45, 7) is 9.04. The molecule has 1 aromatic carbocycles. The smallest absolute Gasteiger partial charge is 0.309 e. The minimum Gasteiger partial charge on any atom is -0.348 e. The Morgan fingerprint density at radius 3 is 2.00 bits per heavy atom. The van der Waals surface area contributed by atoms with Crippen LogP contribution in [-0.2, 0) is 21.5 Å². The fourth-order valence-corrected chi connectivity index (χ4v) is 1.63. The second-order valence-electron chi connectivity index (χ2n) is 5.49. The molecule has 0 saturated heterocycles. The van der Waals surface area contributed by atoms with Crippen molar-refractivity contribution in [3.05, 3.63) is 35.4 Å². The molecule has 0 aliphatic carbocycles. The van der Waals surface area contributed by atoms with Gasteiger partial charge in [-0.05, 0) is 23.5 Å². The van der Waals surface area contributed by atoms with Crippen molar-refractivity contribution >= 4 is 11.8 Å². The third kappa shape index (κ3) is 4.73. The van der Waals surface area contributed by atoms with E-state index in [0.29, 0.717) is 13.1 Å². The van der Waals surface area contributed by atoms with Gasteiger partial charge in [-0.25, -0.2) is 0 Å². The predicted molar refractivity (Wildman–Crippen MR) is 75.7 cm³/mol. The van der Waals surface area contributed by atoms with Gasteiger partial charge in [-0.1, -0.05) is 45.0 Å². The highest BCUT2D eigenvalue weighted by Crippen LogP contribution is 2.22. The van der Waals surface area contributed by atoms with E-state index < -0.39 is 11.8 Å². The molecule has 4 nitrogen and oxygen atoms in total. The van der Waals surface area contributed by atoms with Crippen LogP contribution in [0.1, 0.15) is 38.8 Å². The molecule has 4 heteroatoms. The number of carbonyl (C=O) groups is 2. The van der Waals surface area contributed by atoms with Crippen molar-refractivity contribution in [2.24, 2.45) is 0 Å². The van der Waals surface area contributed by atoms with Gasteiger partial charge in [0.05, 0.1) is 0 Å². The first-order chi connectivity index (χ1) is 8.84. The number of likely N-dealkylation sites (N-methyl/N-ethyl adjacent to an activating group) is 1. The molecule has 2 amide bonds. The van der Waals surface area contributed by atoms with Gasteiger partial charge in [0.25, 0.3) is 0 Å². The lowest BCUT2D eigenvalue weighted by atomic mass is 9.87. The standard InChI is InChI=1S/C15H22N2O2/c1-5-16-13(18)14(19)17-10-11-6-8-12(9-7-11)15(2,3)4/h6-9H,5,10H2,1-4H3,(H,16,18)(H,17,19). The van der Waals surface area contributed by atoms with Crippen LogP contribution in [0, 0.1) is 0 Å². The van der Waals surface area contributed by atoms with Crippen LogP contribution in [0.5, 0.6) is 0 Å². The number of benzene rings is 1. The summed E-state index contributed by atoms with van der Waals surface area (Å²) in [4.78, 5) is 22.6. The Hall–Kier alpha value is -1.84. The molecule has 1 aromatic rings. The van der Waals surface area contributed by atoms with Crippen LogP contribution in [0.4, 0.5) is 0 Å². The average Bonchev–Trinajstić information content (AvgIpc) is 2.35. The van der Waals surface area contributed by atoms with E-state index in [9.17, 15) is 9.59 Å². The molecule has 0 fully saturated rings. The summed E-state index contributed by atoms with van der Waals surface area (Å²) in [5.41, 5.74) is 2.33. The summed E-state index contributed by atoms with van der Waals surface area (Å²) in [6.07, 6.45) is 0. The molecule has 0 unspecified atom stereocenters. The molecule has 0 aliphatic heterocycles. The highest BCUT2D eigenvalue weighted by molar-refractivity contribution is 6.35. The molecule has 0 bridgehead atoms. The molecule has 0 aliphatic rings. The first kappa shape index (κ1) is 15.2. The van der Waals surface area contributed by atoms with Gasteiger partial charge < -0.3 is 10.6 Å². The van der Waals surface area contributed by atoms with Crippen molar-refractivity contribution < 1.29 is 9.59 Å². The summed E-state index contributed by atoms with van der Waals surface area (Å²) >= 11 is 0. The Labute approximate surface area is 114 Å². The van der Waals surface area contributed by atoms with Crippen LogP contribution in [0.15, 0.2) is 24.3 Å². The van der Waals surface area contributed by atoms with Gasteiger partial charge in [0.2, 0.25) is 0 Å². The van der Waals surface area contributed by atoms with E-state index >= 15 is 0 Å². The lowest BCUT2D eigenvalue weighted by molar-refractivity contribution is -0.139. The van der Waals surface area contributed by atoms with Gasteiger partial charge in [0.15, 0.2) is 0 Å². The largest absolute Gasteiger partial charge is 0.348 e. The maximum atomic E-state index is 11.4. The van der Waals surface area contributed by atoms with Gasteiger partial charge in [0.1, 0.15) is 0 Å². The Bertz CT molecular complexity index is 444. The summed E-state index contributed by atoms with van der Waals surface area (Å²) in [7, 11) is 0. The highest BCUT2D eigenvalue weighted by atomic mass is 16.2. The minimum absolute atomic E-state index is 0.114. The molecule has 0 atom stereocenters.